The van der Waals surface area contributed by atoms with E-state index in [9.17, 15) is 39.9 Å². The van der Waals surface area contributed by atoms with Gasteiger partial charge < -0.3 is 4.74 Å². The third-order valence-electron chi connectivity index (χ3n) is 3.09. The number of ether oxygens (including phenoxy) is 1. The largest absolute Gasteiger partial charge is 0.450 e. The minimum atomic E-state index is -3.21. The quantitative estimate of drug-likeness (QED) is 0.331. The lowest BCUT2D eigenvalue weighted by Gasteiger charge is -2.15. The maximum absolute atomic E-state index is 13.9. The minimum Gasteiger partial charge on any atom is -0.450 e. The fourth-order valence-corrected chi connectivity index (χ4v) is 1.87. The Morgan fingerprint density at radius 3 is 2.00 bits per heavy atom. The first-order valence-corrected chi connectivity index (χ1v) is 6.38. The van der Waals surface area contributed by atoms with Gasteiger partial charge in [-0.15, -0.1) is 0 Å². The van der Waals surface area contributed by atoms with Crippen LogP contribution in [0.15, 0.2) is 12.1 Å². The van der Waals surface area contributed by atoms with Crippen molar-refractivity contribution in [2.75, 3.05) is 0 Å². The summed E-state index contributed by atoms with van der Waals surface area (Å²) in [5.41, 5.74) is -2.55. The van der Waals surface area contributed by atoms with Crippen molar-refractivity contribution in [3.63, 3.8) is 0 Å². The molecular formula is C15H6F8O2. The lowest BCUT2D eigenvalue weighted by Crippen LogP contribution is -2.12. The van der Waals surface area contributed by atoms with E-state index in [-0.39, 0.29) is 12.1 Å². The summed E-state index contributed by atoms with van der Waals surface area (Å²) in [7, 11) is 0. The minimum absolute atomic E-state index is 0.130. The lowest BCUT2D eigenvalue weighted by molar-refractivity contribution is 0.0528. The van der Waals surface area contributed by atoms with E-state index in [4.69, 9.17) is 0 Å². The average Bonchev–Trinajstić information content (AvgIpc) is 2.55. The van der Waals surface area contributed by atoms with Crippen molar-refractivity contribution < 1.29 is 44.7 Å². The van der Waals surface area contributed by atoms with Crippen molar-refractivity contribution >= 4 is 5.78 Å². The van der Waals surface area contributed by atoms with E-state index in [0.29, 0.717) is 0 Å². The van der Waals surface area contributed by atoms with Gasteiger partial charge in [-0.3, -0.25) is 4.79 Å². The van der Waals surface area contributed by atoms with Crippen LogP contribution in [0.1, 0.15) is 29.2 Å². The van der Waals surface area contributed by atoms with Crippen LogP contribution in [0, 0.1) is 40.7 Å². The highest BCUT2D eigenvalue weighted by Gasteiger charge is 2.29. The van der Waals surface area contributed by atoms with Crippen LogP contribution >= 0.6 is 0 Å². The third kappa shape index (κ3) is 3.28. The second-order valence-corrected chi connectivity index (χ2v) is 4.74. The second-order valence-electron chi connectivity index (χ2n) is 4.74. The Kier molecular flexibility index (Phi) is 5.00. The van der Waals surface area contributed by atoms with Gasteiger partial charge in [0.25, 0.3) is 6.36 Å². The molecule has 2 nitrogen and oxygen atoms in total. The molecular weight excluding hydrogens is 364 g/mol. The number of hydrogen-bond donors (Lipinski definition) is 0. The van der Waals surface area contributed by atoms with E-state index in [1.54, 1.807) is 0 Å². The van der Waals surface area contributed by atoms with Gasteiger partial charge in [0.2, 0.25) is 5.82 Å². The van der Waals surface area contributed by atoms with E-state index in [2.05, 4.69) is 4.74 Å². The zero-order valence-corrected chi connectivity index (χ0v) is 12.1. The molecule has 134 valence electrons. The van der Waals surface area contributed by atoms with Gasteiger partial charge in [-0.2, -0.15) is 8.78 Å². The molecule has 25 heavy (non-hydrogen) atoms. The standard InChI is InChI=1S/C15H6F8O2/c1-4(24)5-2-8(17)14(13(22)9(5)18)25-15(23)6-3-7(16)11(20)12(21)10(6)19/h2-3,15H,1H3. The van der Waals surface area contributed by atoms with Crippen molar-refractivity contribution in [1.82, 2.24) is 0 Å². The van der Waals surface area contributed by atoms with E-state index in [1.807, 2.05) is 0 Å². The molecule has 1 unspecified atom stereocenters. The molecule has 2 aromatic rings. The van der Waals surface area contributed by atoms with Crippen molar-refractivity contribution in [3.8, 4) is 5.75 Å². The summed E-state index contributed by atoms with van der Waals surface area (Å²) in [6.07, 6.45) is -3.21. The number of hydrogen-bond acceptors (Lipinski definition) is 2. The van der Waals surface area contributed by atoms with Gasteiger partial charge in [0.05, 0.1) is 11.1 Å². The summed E-state index contributed by atoms with van der Waals surface area (Å²) < 4.78 is 111. The summed E-state index contributed by atoms with van der Waals surface area (Å²) in [5.74, 6) is -17.2. The summed E-state index contributed by atoms with van der Waals surface area (Å²) >= 11 is 0. The molecule has 0 bridgehead atoms. The smallest absolute Gasteiger partial charge is 0.267 e. The Morgan fingerprint density at radius 1 is 0.840 bits per heavy atom. The van der Waals surface area contributed by atoms with Gasteiger partial charge in [0, 0.05) is 0 Å². The molecule has 0 aromatic heterocycles. The zero-order valence-electron chi connectivity index (χ0n) is 12.1. The Morgan fingerprint density at radius 2 is 1.44 bits per heavy atom. The highest BCUT2D eigenvalue weighted by Crippen LogP contribution is 2.33. The number of carbonyl (C=O) groups excluding carboxylic acids is 1. The summed E-state index contributed by atoms with van der Waals surface area (Å²) in [5, 5.41) is 0. The van der Waals surface area contributed by atoms with Gasteiger partial charge in [-0.05, 0) is 19.1 Å². The number of benzene rings is 2. The molecule has 10 heteroatoms. The molecule has 0 fully saturated rings. The number of ketones is 1. The Hall–Kier alpha value is -2.65. The molecule has 0 saturated carbocycles. The molecule has 0 aliphatic rings. The number of halogens is 8. The molecule has 0 N–H and O–H groups in total. The highest BCUT2D eigenvalue weighted by atomic mass is 19.2. The normalized spacial score (nSPS) is 12.2. The van der Waals surface area contributed by atoms with E-state index < -0.39 is 69.7 Å². The Bertz CT molecular complexity index is 866. The van der Waals surface area contributed by atoms with Crippen molar-refractivity contribution in [1.29, 1.82) is 0 Å². The summed E-state index contributed by atoms with van der Waals surface area (Å²) in [6.45, 7) is 0.801. The maximum atomic E-state index is 13.9. The van der Waals surface area contributed by atoms with Crippen LogP contribution < -0.4 is 4.74 Å². The average molecular weight is 370 g/mol. The lowest BCUT2D eigenvalue weighted by atomic mass is 10.1. The van der Waals surface area contributed by atoms with Crippen molar-refractivity contribution in [2.24, 2.45) is 0 Å². The highest BCUT2D eigenvalue weighted by molar-refractivity contribution is 5.94. The molecule has 0 heterocycles. The van der Waals surface area contributed by atoms with Crippen LogP contribution in [0.4, 0.5) is 35.1 Å². The topological polar surface area (TPSA) is 26.3 Å². The van der Waals surface area contributed by atoms with Gasteiger partial charge in [-0.1, -0.05) is 0 Å². The first kappa shape index (κ1) is 18.7. The monoisotopic (exact) mass is 370 g/mol. The van der Waals surface area contributed by atoms with Crippen molar-refractivity contribution in [2.45, 2.75) is 13.3 Å². The molecule has 0 spiro atoms. The van der Waals surface area contributed by atoms with Crippen LogP contribution in [0.25, 0.3) is 0 Å². The van der Waals surface area contributed by atoms with Crippen LogP contribution in [-0.2, 0) is 0 Å². The number of alkyl halides is 1. The van der Waals surface area contributed by atoms with Crippen molar-refractivity contribution in [3.05, 3.63) is 64.0 Å². The fraction of sp³-hybridized carbons (Fsp3) is 0.133. The number of Topliss-reactive ketones (excluding diaryl/α,β-unsaturated/α-hetero) is 1. The zero-order chi connectivity index (χ0) is 19.0. The predicted octanol–water partition coefficient (Wildman–Crippen LogP) is 4.91. The van der Waals surface area contributed by atoms with Crippen LogP contribution in [-0.4, -0.2) is 5.78 Å². The first-order chi connectivity index (χ1) is 11.6. The summed E-state index contributed by atoms with van der Waals surface area (Å²) in [6, 6.07) is 0.0690. The molecule has 0 amide bonds. The molecule has 0 radical (unpaired) electrons. The van der Waals surface area contributed by atoms with Gasteiger partial charge in [0.15, 0.2) is 46.4 Å². The van der Waals surface area contributed by atoms with E-state index in [1.165, 1.54) is 0 Å². The summed E-state index contributed by atoms with van der Waals surface area (Å²) in [4.78, 5) is 11.0. The first-order valence-electron chi connectivity index (χ1n) is 6.38. The van der Waals surface area contributed by atoms with Crippen LogP contribution in [0.3, 0.4) is 0 Å². The third-order valence-corrected chi connectivity index (χ3v) is 3.09. The van der Waals surface area contributed by atoms with E-state index in [0.717, 1.165) is 6.92 Å². The second kappa shape index (κ2) is 6.69. The van der Waals surface area contributed by atoms with E-state index >= 15 is 0 Å². The SMILES string of the molecule is CC(=O)c1cc(F)c(OC(F)c2cc(F)c(F)c(F)c2F)c(F)c1F. The molecule has 1 atom stereocenters. The number of carbonyl (C=O) groups is 1. The molecule has 0 aliphatic carbocycles. The van der Waals surface area contributed by atoms with Gasteiger partial charge in [0.1, 0.15) is 0 Å². The molecule has 0 saturated heterocycles. The van der Waals surface area contributed by atoms with Crippen LogP contribution in [0.5, 0.6) is 5.75 Å². The Labute approximate surface area is 134 Å². The van der Waals surface area contributed by atoms with Gasteiger partial charge >= 0.3 is 0 Å². The van der Waals surface area contributed by atoms with Gasteiger partial charge in [-0.25, -0.2) is 26.3 Å². The molecule has 2 rings (SSSR count). The number of rotatable bonds is 4. The fourth-order valence-electron chi connectivity index (χ4n) is 1.87. The predicted molar refractivity (Wildman–Crippen MR) is 67.1 cm³/mol. The maximum Gasteiger partial charge on any atom is 0.267 e. The Balaban J connectivity index is 2.48. The van der Waals surface area contributed by atoms with Crippen LogP contribution in [0.2, 0.25) is 0 Å². The molecule has 2 aromatic carbocycles. The molecule has 0 aliphatic heterocycles.